The molecule has 0 radical (unpaired) electrons. The van der Waals surface area contributed by atoms with Gasteiger partial charge in [0, 0.05) is 37.4 Å². The highest BCUT2D eigenvalue weighted by Gasteiger charge is 2.60. The van der Waals surface area contributed by atoms with Gasteiger partial charge in [0.05, 0.1) is 10.8 Å². The summed E-state index contributed by atoms with van der Waals surface area (Å²) in [5.74, 6) is -0.163. The molecule has 1 heterocycles. The number of nitrogens with zero attached hydrogens (tertiary/aromatic N) is 2. The van der Waals surface area contributed by atoms with Crippen LogP contribution in [-0.2, 0) is 14.8 Å². The van der Waals surface area contributed by atoms with E-state index >= 15 is 0 Å². The fraction of sp³-hybridized carbons (Fsp3) is 0.407. The molecule has 8 heteroatoms. The van der Waals surface area contributed by atoms with Gasteiger partial charge in [-0.15, -0.1) is 0 Å². The third-order valence-electron chi connectivity index (χ3n) is 6.99. The molecule has 35 heavy (non-hydrogen) atoms. The van der Waals surface area contributed by atoms with Gasteiger partial charge in [-0.2, -0.15) is 4.31 Å². The van der Waals surface area contributed by atoms with Crippen molar-refractivity contribution in [3.8, 4) is 0 Å². The van der Waals surface area contributed by atoms with Gasteiger partial charge in [0.2, 0.25) is 15.9 Å². The van der Waals surface area contributed by atoms with E-state index in [4.69, 9.17) is 0 Å². The smallest absolute Gasteiger partial charge is 0.253 e. The zero-order chi connectivity index (χ0) is 25.4. The number of allylic oxidation sites excluding steroid dienone is 2. The first kappa shape index (κ1) is 25.1. The maximum atomic E-state index is 13.3. The van der Waals surface area contributed by atoms with Gasteiger partial charge in [0.25, 0.3) is 5.91 Å². The topological polar surface area (TPSA) is 86.8 Å². The molecule has 1 aliphatic carbocycles. The monoisotopic (exact) mass is 495 g/mol. The zero-order valence-corrected chi connectivity index (χ0v) is 21.5. The van der Waals surface area contributed by atoms with Gasteiger partial charge < -0.3 is 10.2 Å². The molecule has 2 amide bonds. The summed E-state index contributed by atoms with van der Waals surface area (Å²) in [7, 11) is -3.75. The first-order valence-electron chi connectivity index (χ1n) is 11.9. The minimum absolute atomic E-state index is 0.0956. The molecule has 186 valence electrons. The van der Waals surface area contributed by atoms with Crippen molar-refractivity contribution < 1.29 is 18.0 Å². The molecular weight excluding hydrogens is 462 g/mol. The predicted molar refractivity (Wildman–Crippen MR) is 136 cm³/mol. The van der Waals surface area contributed by atoms with E-state index in [2.05, 4.69) is 25.2 Å². The minimum atomic E-state index is -3.75. The van der Waals surface area contributed by atoms with Crippen molar-refractivity contribution in [3.63, 3.8) is 0 Å². The molecule has 2 aliphatic rings. The van der Waals surface area contributed by atoms with Crippen molar-refractivity contribution in [1.82, 2.24) is 9.21 Å². The number of rotatable bonds is 6. The maximum Gasteiger partial charge on any atom is 0.253 e. The summed E-state index contributed by atoms with van der Waals surface area (Å²) in [6.07, 6.45) is 2.13. The minimum Gasteiger partial charge on any atom is -0.336 e. The van der Waals surface area contributed by atoms with E-state index in [0.29, 0.717) is 24.3 Å². The van der Waals surface area contributed by atoms with E-state index in [1.54, 1.807) is 35.2 Å². The van der Waals surface area contributed by atoms with Crippen molar-refractivity contribution in [2.45, 2.75) is 32.6 Å². The van der Waals surface area contributed by atoms with Crippen LogP contribution >= 0.6 is 0 Å². The summed E-state index contributed by atoms with van der Waals surface area (Å²) in [5.41, 5.74) is 2.12. The molecule has 2 aromatic rings. The van der Waals surface area contributed by atoms with Gasteiger partial charge in [0.15, 0.2) is 0 Å². The van der Waals surface area contributed by atoms with Crippen molar-refractivity contribution in [3.05, 3.63) is 71.8 Å². The Hall–Kier alpha value is -2.97. The van der Waals surface area contributed by atoms with E-state index in [0.717, 1.165) is 0 Å². The standard InChI is InChI=1S/C27H33N3O4S/c1-19(2)17-23-24(27(23,3)4)25(31)28-21-11-8-12-22(18-21)35(33,34)30-15-13-29(14-16-30)26(32)20-9-6-5-7-10-20/h5-12,17-18,23-24H,13-16H2,1-4H3,(H,28,31)/t23-,24+/m1/s1. The number of piperazine rings is 1. The van der Waals surface area contributed by atoms with Crippen LogP contribution in [0.5, 0.6) is 0 Å². The third kappa shape index (κ3) is 5.18. The number of carbonyl (C=O) groups is 2. The first-order chi connectivity index (χ1) is 16.5. The molecule has 7 nitrogen and oxygen atoms in total. The lowest BCUT2D eigenvalue weighted by atomic mass is 10.1. The molecule has 2 aromatic carbocycles. The van der Waals surface area contributed by atoms with Crippen molar-refractivity contribution in [1.29, 1.82) is 0 Å². The molecule has 2 atom stereocenters. The number of amides is 2. The SMILES string of the molecule is CC(C)=C[C@@H]1[C@@H](C(=O)Nc2cccc(S(=O)(=O)N3CCN(C(=O)c4ccccc4)CC3)c2)C1(C)C. The lowest BCUT2D eigenvalue weighted by Gasteiger charge is -2.34. The molecule has 1 saturated heterocycles. The molecular formula is C27H33N3O4S. The second kappa shape index (κ2) is 9.59. The number of nitrogens with one attached hydrogen (secondary N) is 1. The normalized spacial score (nSPS) is 21.8. The van der Waals surface area contributed by atoms with E-state index in [9.17, 15) is 18.0 Å². The van der Waals surface area contributed by atoms with Crippen LogP contribution in [0.1, 0.15) is 38.1 Å². The molecule has 2 fully saturated rings. The van der Waals surface area contributed by atoms with Gasteiger partial charge in [-0.3, -0.25) is 9.59 Å². The van der Waals surface area contributed by atoms with Crippen molar-refractivity contribution in [2.24, 2.45) is 17.3 Å². The van der Waals surface area contributed by atoms with E-state index < -0.39 is 10.0 Å². The largest absolute Gasteiger partial charge is 0.336 e. The maximum absolute atomic E-state index is 13.3. The van der Waals surface area contributed by atoms with Gasteiger partial charge in [0.1, 0.15) is 0 Å². The summed E-state index contributed by atoms with van der Waals surface area (Å²) in [5, 5.41) is 2.91. The lowest BCUT2D eigenvalue weighted by Crippen LogP contribution is -2.50. The van der Waals surface area contributed by atoms with Crippen LogP contribution in [-0.4, -0.2) is 55.6 Å². The Bertz CT molecular complexity index is 1240. The lowest BCUT2D eigenvalue weighted by molar-refractivity contribution is -0.118. The molecule has 0 unspecified atom stereocenters. The summed E-state index contributed by atoms with van der Waals surface area (Å²) >= 11 is 0. The van der Waals surface area contributed by atoms with Crippen LogP contribution in [0.4, 0.5) is 5.69 Å². The molecule has 4 rings (SSSR count). The Balaban J connectivity index is 1.41. The first-order valence-corrected chi connectivity index (χ1v) is 13.4. The van der Waals surface area contributed by atoms with E-state index in [1.165, 1.54) is 15.9 Å². The number of benzene rings is 2. The Morgan fingerprint density at radius 1 is 0.971 bits per heavy atom. The quantitative estimate of drug-likeness (QED) is 0.614. The van der Waals surface area contributed by atoms with E-state index in [1.807, 2.05) is 32.0 Å². The summed E-state index contributed by atoms with van der Waals surface area (Å²) in [6, 6.07) is 15.4. The number of hydrogen-bond acceptors (Lipinski definition) is 4. The highest BCUT2D eigenvalue weighted by molar-refractivity contribution is 7.89. The summed E-state index contributed by atoms with van der Waals surface area (Å²) in [4.78, 5) is 27.4. The predicted octanol–water partition coefficient (Wildman–Crippen LogP) is 4.01. The van der Waals surface area contributed by atoms with E-state index in [-0.39, 0.29) is 47.1 Å². The van der Waals surface area contributed by atoms with Crippen LogP contribution in [0.2, 0.25) is 0 Å². The van der Waals surface area contributed by atoms with Gasteiger partial charge in [-0.25, -0.2) is 8.42 Å². The van der Waals surface area contributed by atoms with Crippen LogP contribution in [0, 0.1) is 17.3 Å². The Morgan fingerprint density at radius 3 is 2.26 bits per heavy atom. The summed E-state index contributed by atoms with van der Waals surface area (Å²) < 4.78 is 28.0. The Morgan fingerprint density at radius 2 is 1.63 bits per heavy atom. The van der Waals surface area contributed by atoms with Crippen LogP contribution < -0.4 is 5.32 Å². The zero-order valence-electron chi connectivity index (χ0n) is 20.7. The average Bonchev–Trinajstić information content (AvgIpc) is 3.38. The number of carbonyl (C=O) groups excluding carboxylic acids is 2. The van der Waals surface area contributed by atoms with Gasteiger partial charge >= 0.3 is 0 Å². The number of sulfonamides is 1. The number of anilines is 1. The molecule has 0 bridgehead atoms. The third-order valence-corrected chi connectivity index (χ3v) is 8.89. The highest BCUT2D eigenvalue weighted by Crippen LogP contribution is 2.59. The molecule has 1 saturated carbocycles. The molecule has 1 N–H and O–H groups in total. The number of hydrogen-bond donors (Lipinski definition) is 1. The molecule has 1 aliphatic heterocycles. The van der Waals surface area contributed by atoms with Gasteiger partial charge in [-0.1, -0.05) is 49.8 Å². The second-order valence-electron chi connectivity index (χ2n) is 10.1. The molecule has 0 spiro atoms. The van der Waals surface area contributed by atoms with Crippen molar-refractivity contribution >= 4 is 27.5 Å². The fourth-order valence-electron chi connectivity index (χ4n) is 4.85. The van der Waals surface area contributed by atoms with Crippen LogP contribution in [0.3, 0.4) is 0 Å². The summed E-state index contributed by atoms with van der Waals surface area (Å²) in [6.45, 7) is 9.28. The average molecular weight is 496 g/mol. The fourth-order valence-corrected chi connectivity index (χ4v) is 6.32. The van der Waals surface area contributed by atoms with Gasteiger partial charge in [-0.05, 0) is 55.5 Å². The van der Waals surface area contributed by atoms with Crippen molar-refractivity contribution in [2.75, 3.05) is 31.5 Å². The second-order valence-corrected chi connectivity index (χ2v) is 12.1. The molecule has 0 aromatic heterocycles. The Kier molecular flexibility index (Phi) is 6.88. The Labute approximate surface area is 207 Å². The van der Waals surface area contributed by atoms with Crippen LogP contribution in [0.25, 0.3) is 0 Å². The van der Waals surface area contributed by atoms with Crippen LogP contribution in [0.15, 0.2) is 71.1 Å². The highest BCUT2D eigenvalue weighted by atomic mass is 32.2.